The van der Waals surface area contributed by atoms with Gasteiger partial charge in [-0.15, -0.1) is 11.8 Å². The van der Waals surface area contributed by atoms with Crippen LogP contribution in [0.15, 0.2) is 23.1 Å². The highest BCUT2D eigenvalue weighted by atomic mass is 32.2. The van der Waals surface area contributed by atoms with Gasteiger partial charge in [-0.1, -0.05) is 19.9 Å². The zero-order valence-electron chi connectivity index (χ0n) is 12.0. The van der Waals surface area contributed by atoms with Gasteiger partial charge in [0.2, 0.25) is 11.8 Å². The molecule has 1 aliphatic heterocycles. The highest BCUT2D eigenvalue weighted by molar-refractivity contribution is 7.99. The Morgan fingerprint density at radius 2 is 2.19 bits per heavy atom. The van der Waals surface area contributed by atoms with Crippen LogP contribution in [0.4, 0.5) is 5.69 Å². The van der Waals surface area contributed by atoms with Crippen LogP contribution in [0, 0.1) is 11.3 Å². The Kier molecular flexibility index (Phi) is 4.86. The van der Waals surface area contributed by atoms with E-state index in [0.29, 0.717) is 17.7 Å². The number of piperazine rings is 1. The minimum absolute atomic E-state index is 0.0964. The van der Waals surface area contributed by atoms with Crippen molar-refractivity contribution in [2.24, 2.45) is 0 Å². The smallest absolute Gasteiger partial charge is 0.249 e. The van der Waals surface area contributed by atoms with Crippen molar-refractivity contribution in [2.75, 3.05) is 17.2 Å². The summed E-state index contributed by atoms with van der Waals surface area (Å²) in [5.74, 6) is 0.225. The minimum atomic E-state index is -0.420. The Balaban J connectivity index is 2.48. The highest BCUT2D eigenvalue weighted by Crippen LogP contribution is 2.32. The Morgan fingerprint density at radius 3 is 2.81 bits per heavy atom. The fourth-order valence-corrected chi connectivity index (χ4v) is 3.25. The molecule has 0 saturated carbocycles. The van der Waals surface area contributed by atoms with Crippen LogP contribution < -0.4 is 10.2 Å². The van der Waals surface area contributed by atoms with E-state index in [4.69, 9.17) is 0 Å². The first-order valence-corrected chi connectivity index (χ1v) is 7.87. The molecule has 1 N–H and O–H groups in total. The molecule has 1 aromatic carbocycles. The average Bonchev–Trinajstić information content (AvgIpc) is 2.46. The second-order valence-electron chi connectivity index (χ2n) is 4.66. The van der Waals surface area contributed by atoms with Gasteiger partial charge in [-0.05, 0) is 24.3 Å². The van der Waals surface area contributed by atoms with Gasteiger partial charge in [0.15, 0.2) is 0 Å². The second kappa shape index (κ2) is 6.64. The van der Waals surface area contributed by atoms with Crippen molar-refractivity contribution in [1.82, 2.24) is 5.32 Å². The maximum Gasteiger partial charge on any atom is 0.249 e. The van der Waals surface area contributed by atoms with Crippen LogP contribution in [-0.2, 0) is 9.59 Å². The fraction of sp³-hybridized carbons (Fsp3) is 0.400. The molecule has 0 spiro atoms. The van der Waals surface area contributed by atoms with E-state index < -0.39 is 6.04 Å². The SMILES string of the molecule is CCSc1cccc(N2CC(=O)NC(=O)C2CC)c1C#N. The molecule has 1 atom stereocenters. The van der Waals surface area contributed by atoms with Crippen LogP contribution in [0.5, 0.6) is 0 Å². The van der Waals surface area contributed by atoms with Crippen LogP contribution in [0.2, 0.25) is 0 Å². The van der Waals surface area contributed by atoms with E-state index >= 15 is 0 Å². The van der Waals surface area contributed by atoms with E-state index in [1.807, 2.05) is 26.0 Å². The van der Waals surface area contributed by atoms with Crippen molar-refractivity contribution in [3.8, 4) is 6.07 Å². The number of thioether (sulfide) groups is 1. The Bertz CT molecular complexity index is 609. The molecule has 1 fully saturated rings. The third-order valence-electron chi connectivity index (χ3n) is 3.37. The molecule has 1 unspecified atom stereocenters. The third-order valence-corrected chi connectivity index (χ3v) is 4.31. The Morgan fingerprint density at radius 1 is 1.43 bits per heavy atom. The van der Waals surface area contributed by atoms with Gasteiger partial charge in [-0.3, -0.25) is 14.9 Å². The molecule has 1 saturated heterocycles. The number of hydrogen-bond donors (Lipinski definition) is 1. The molecule has 0 aromatic heterocycles. The third kappa shape index (κ3) is 3.03. The van der Waals surface area contributed by atoms with Crippen molar-refractivity contribution in [1.29, 1.82) is 5.26 Å². The van der Waals surface area contributed by atoms with Crippen molar-refractivity contribution >= 4 is 29.3 Å². The number of benzene rings is 1. The van der Waals surface area contributed by atoms with Crippen molar-refractivity contribution in [2.45, 2.75) is 31.2 Å². The van der Waals surface area contributed by atoms with Crippen LogP contribution in [0.3, 0.4) is 0 Å². The normalized spacial score (nSPS) is 18.3. The van der Waals surface area contributed by atoms with Gasteiger partial charge in [0.05, 0.1) is 17.8 Å². The standard InChI is InChI=1S/C15H17N3O2S/c1-3-11-15(20)17-14(19)9-18(11)12-6-5-7-13(21-4-2)10(12)8-16/h5-7,11H,3-4,9H2,1-2H3,(H,17,19,20). The van der Waals surface area contributed by atoms with Crippen LogP contribution in [-0.4, -0.2) is 30.2 Å². The first-order valence-electron chi connectivity index (χ1n) is 6.88. The average molecular weight is 303 g/mol. The van der Waals surface area contributed by atoms with Crippen LogP contribution in [0.1, 0.15) is 25.8 Å². The Hall–Kier alpha value is -2.00. The zero-order valence-corrected chi connectivity index (χ0v) is 12.9. The maximum absolute atomic E-state index is 12.0. The fourth-order valence-electron chi connectivity index (χ4n) is 2.47. The number of nitriles is 1. The summed E-state index contributed by atoms with van der Waals surface area (Å²) in [6.45, 7) is 4.01. The quantitative estimate of drug-likeness (QED) is 0.679. The molecule has 6 heteroatoms. The summed E-state index contributed by atoms with van der Waals surface area (Å²) in [5, 5.41) is 11.8. The molecule has 5 nitrogen and oxygen atoms in total. The molecule has 0 bridgehead atoms. The minimum Gasteiger partial charge on any atom is -0.349 e. The first kappa shape index (κ1) is 15.4. The van der Waals surface area contributed by atoms with E-state index in [-0.39, 0.29) is 18.4 Å². The number of nitrogens with one attached hydrogen (secondary N) is 1. The molecule has 2 amide bonds. The topological polar surface area (TPSA) is 73.2 Å². The Labute approximate surface area is 128 Å². The number of hydrogen-bond acceptors (Lipinski definition) is 5. The van der Waals surface area contributed by atoms with Crippen molar-refractivity contribution in [3.05, 3.63) is 23.8 Å². The molecular formula is C15H17N3O2S. The lowest BCUT2D eigenvalue weighted by molar-refractivity contribution is -0.132. The second-order valence-corrected chi connectivity index (χ2v) is 5.97. The predicted octanol–water partition coefficient (Wildman–Crippen LogP) is 1.91. The summed E-state index contributed by atoms with van der Waals surface area (Å²) >= 11 is 1.58. The predicted molar refractivity (Wildman–Crippen MR) is 82.1 cm³/mol. The molecule has 0 radical (unpaired) electrons. The van der Waals surface area contributed by atoms with Gasteiger partial charge in [-0.2, -0.15) is 5.26 Å². The summed E-state index contributed by atoms with van der Waals surface area (Å²) in [6.07, 6.45) is 0.579. The van der Waals surface area contributed by atoms with E-state index in [0.717, 1.165) is 10.6 Å². The molecule has 110 valence electrons. The van der Waals surface area contributed by atoms with E-state index in [2.05, 4.69) is 11.4 Å². The number of carbonyl (C=O) groups is 2. The number of anilines is 1. The number of rotatable bonds is 4. The lowest BCUT2D eigenvalue weighted by atomic mass is 10.1. The summed E-state index contributed by atoms with van der Waals surface area (Å²) in [6, 6.07) is 7.34. The largest absolute Gasteiger partial charge is 0.349 e. The van der Waals surface area contributed by atoms with E-state index in [9.17, 15) is 14.9 Å². The first-order chi connectivity index (χ1) is 10.1. The number of imide groups is 1. The summed E-state index contributed by atoms with van der Waals surface area (Å²) in [7, 11) is 0. The molecular weight excluding hydrogens is 286 g/mol. The van der Waals surface area contributed by atoms with Gasteiger partial charge < -0.3 is 4.90 Å². The molecule has 0 aliphatic carbocycles. The highest BCUT2D eigenvalue weighted by Gasteiger charge is 2.33. The zero-order chi connectivity index (χ0) is 15.4. The summed E-state index contributed by atoms with van der Waals surface area (Å²) in [5.41, 5.74) is 1.19. The van der Waals surface area contributed by atoms with Crippen LogP contribution in [0.25, 0.3) is 0 Å². The monoisotopic (exact) mass is 303 g/mol. The van der Waals surface area contributed by atoms with Gasteiger partial charge in [-0.25, -0.2) is 0 Å². The number of carbonyl (C=O) groups excluding carboxylic acids is 2. The summed E-state index contributed by atoms with van der Waals surface area (Å²) < 4.78 is 0. The van der Waals surface area contributed by atoms with Crippen LogP contribution >= 0.6 is 11.8 Å². The van der Waals surface area contributed by atoms with Gasteiger partial charge in [0.1, 0.15) is 12.1 Å². The summed E-state index contributed by atoms with van der Waals surface area (Å²) in [4.78, 5) is 26.3. The molecule has 1 aliphatic rings. The van der Waals surface area contributed by atoms with Crippen molar-refractivity contribution < 1.29 is 9.59 Å². The lowest BCUT2D eigenvalue weighted by Gasteiger charge is -2.35. The molecule has 21 heavy (non-hydrogen) atoms. The van der Waals surface area contributed by atoms with Gasteiger partial charge in [0.25, 0.3) is 0 Å². The van der Waals surface area contributed by atoms with Gasteiger partial charge >= 0.3 is 0 Å². The molecule has 1 heterocycles. The molecule has 2 rings (SSSR count). The van der Waals surface area contributed by atoms with Gasteiger partial charge in [0, 0.05) is 4.90 Å². The molecule has 1 aromatic rings. The lowest BCUT2D eigenvalue weighted by Crippen LogP contribution is -2.58. The number of amides is 2. The van der Waals surface area contributed by atoms with E-state index in [1.54, 1.807) is 22.7 Å². The van der Waals surface area contributed by atoms with E-state index in [1.165, 1.54) is 0 Å². The maximum atomic E-state index is 12.0. The number of nitrogens with zero attached hydrogens (tertiary/aromatic N) is 2. The van der Waals surface area contributed by atoms with Crippen molar-refractivity contribution in [3.63, 3.8) is 0 Å².